The van der Waals surface area contributed by atoms with Gasteiger partial charge in [-0.05, 0) is 50.6 Å². The summed E-state index contributed by atoms with van der Waals surface area (Å²) in [4.78, 5) is 34.3. The third-order valence-corrected chi connectivity index (χ3v) is 3.91. The Kier molecular flexibility index (Phi) is 7.23. The van der Waals surface area contributed by atoms with Crippen molar-refractivity contribution in [2.45, 2.75) is 38.8 Å². The average molecular weight is 437 g/mol. The van der Waals surface area contributed by atoms with Gasteiger partial charge >= 0.3 is 17.7 Å². The van der Waals surface area contributed by atoms with E-state index in [1.165, 1.54) is 24.3 Å². The van der Waals surface area contributed by atoms with Gasteiger partial charge in [0.05, 0.1) is 4.92 Å². The Labute approximate surface area is 177 Å². The highest BCUT2D eigenvalue weighted by molar-refractivity contribution is 6.30. The maximum absolute atomic E-state index is 11.9. The summed E-state index contributed by atoms with van der Waals surface area (Å²) in [6.45, 7) is 4.93. The van der Waals surface area contributed by atoms with Crippen LogP contribution in [0.1, 0.15) is 26.3 Å². The highest BCUT2D eigenvalue weighted by Crippen LogP contribution is 2.33. The number of hydrogen-bond acceptors (Lipinski definition) is 6. The number of nitrogens with zero attached hydrogens (tertiary/aromatic N) is 1. The van der Waals surface area contributed by atoms with Gasteiger partial charge in [-0.3, -0.25) is 10.1 Å². The van der Waals surface area contributed by atoms with Crippen LogP contribution in [0.2, 0.25) is 5.02 Å². The summed E-state index contributed by atoms with van der Waals surface area (Å²) in [5.41, 5.74) is -0.830. The van der Waals surface area contributed by atoms with Crippen LogP contribution in [-0.2, 0) is 16.0 Å². The molecule has 30 heavy (non-hydrogen) atoms. The van der Waals surface area contributed by atoms with Crippen molar-refractivity contribution in [1.29, 1.82) is 0 Å². The molecular weight excluding hydrogens is 416 g/mol. The standard InChI is InChI=1S/C20H21ClN2O7/c1-20(2,3)30-19(26)22-15(18(24)25)9-12-7-8-17(16(10-12)23(27)28)29-14-6-4-5-13(21)11-14/h4-8,10-11,15H,9H2,1-3H3,(H,22,26)(H,24,25). The number of amides is 1. The number of nitro groups is 1. The number of hydrogen-bond donors (Lipinski definition) is 2. The van der Waals surface area contributed by atoms with E-state index in [0.29, 0.717) is 16.3 Å². The molecule has 0 radical (unpaired) electrons. The SMILES string of the molecule is CC(C)(C)OC(=O)NC(Cc1ccc(Oc2cccc(Cl)c2)c([N+](=O)[O-])c1)C(=O)O. The molecule has 0 aliphatic carbocycles. The minimum atomic E-state index is -1.33. The molecule has 0 heterocycles. The second-order valence-electron chi connectivity index (χ2n) is 7.36. The van der Waals surface area contributed by atoms with Crippen LogP contribution >= 0.6 is 11.6 Å². The molecule has 1 unspecified atom stereocenters. The van der Waals surface area contributed by atoms with Crippen LogP contribution in [0, 0.1) is 10.1 Å². The van der Waals surface area contributed by atoms with E-state index in [-0.39, 0.29) is 17.9 Å². The van der Waals surface area contributed by atoms with Gasteiger partial charge < -0.3 is 19.9 Å². The fourth-order valence-corrected chi connectivity index (χ4v) is 2.64. The molecule has 0 bridgehead atoms. The van der Waals surface area contributed by atoms with Gasteiger partial charge in [0.25, 0.3) is 0 Å². The highest BCUT2D eigenvalue weighted by Gasteiger charge is 2.26. The third-order valence-electron chi connectivity index (χ3n) is 3.67. The number of nitro benzene ring substituents is 1. The number of carbonyl (C=O) groups excluding carboxylic acids is 1. The highest BCUT2D eigenvalue weighted by atomic mass is 35.5. The normalized spacial score (nSPS) is 12.0. The summed E-state index contributed by atoms with van der Waals surface area (Å²) < 4.78 is 10.6. The van der Waals surface area contributed by atoms with Crippen LogP contribution in [0.25, 0.3) is 0 Å². The maximum Gasteiger partial charge on any atom is 0.408 e. The van der Waals surface area contributed by atoms with Gasteiger partial charge in [-0.1, -0.05) is 23.7 Å². The molecule has 0 saturated carbocycles. The van der Waals surface area contributed by atoms with Gasteiger partial charge in [-0.2, -0.15) is 0 Å². The molecule has 0 fully saturated rings. The van der Waals surface area contributed by atoms with Gasteiger partial charge in [0.15, 0.2) is 0 Å². The number of alkyl carbamates (subject to hydrolysis) is 1. The molecule has 0 spiro atoms. The van der Waals surface area contributed by atoms with Crippen LogP contribution in [0.15, 0.2) is 42.5 Å². The van der Waals surface area contributed by atoms with Gasteiger partial charge in [-0.15, -0.1) is 0 Å². The zero-order chi connectivity index (χ0) is 22.5. The number of carboxylic acid groups (broad SMARTS) is 1. The topological polar surface area (TPSA) is 128 Å². The van der Waals surface area contributed by atoms with Crippen LogP contribution < -0.4 is 10.1 Å². The van der Waals surface area contributed by atoms with Crippen LogP contribution in [-0.4, -0.2) is 33.7 Å². The predicted molar refractivity (Wildman–Crippen MR) is 109 cm³/mol. The zero-order valence-electron chi connectivity index (χ0n) is 16.5. The van der Waals surface area contributed by atoms with E-state index in [0.717, 1.165) is 0 Å². The number of nitrogens with one attached hydrogen (secondary N) is 1. The summed E-state index contributed by atoms with van der Waals surface area (Å²) in [6, 6.07) is 9.08. The van der Waals surface area contributed by atoms with E-state index in [9.17, 15) is 24.8 Å². The first-order valence-corrected chi connectivity index (χ1v) is 9.25. The lowest BCUT2D eigenvalue weighted by Crippen LogP contribution is -2.44. The first kappa shape index (κ1) is 23.0. The fraction of sp³-hybridized carbons (Fsp3) is 0.300. The molecule has 0 saturated heterocycles. The van der Waals surface area contributed by atoms with E-state index < -0.39 is 28.6 Å². The van der Waals surface area contributed by atoms with Crippen molar-refractivity contribution in [3.05, 3.63) is 63.2 Å². The second kappa shape index (κ2) is 9.45. The van der Waals surface area contributed by atoms with E-state index >= 15 is 0 Å². The smallest absolute Gasteiger partial charge is 0.408 e. The summed E-state index contributed by atoms with van der Waals surface area (Å²) in [6.07, 6.45) is -1.09. The Balaban J connectivity index is 2.22. The van der Waals surface area contributed by atoms with Crippen LogP contribution in [0.4, 0.5) is 10.5 Å². The molecule has 2 N–H and O–H groups in total. The Hall–Kier alpha value is -3.33. The van der Waals surface area contributed by atoms with Crippen molar-refractivity contribution in [3.8, 4) is 11.5 Å². The summed E-state index contributed by atoms with van der Waals surface area (Å²) in [5, 5.41) is 23.5. The number of aliphatic carboxylic acids is 1. The van der Waals surface area contributed by atoms with Crippen molar-refractivity contribution in [2.75, 3.05) is 0 Å². The Morgan fingerprint density at radius 1 is 1.23 bits per heavy atom. The lowest BCUT2D eigenvalue weighted by atomic mass is 10.0. The number of rotatable bonds is 7. The molecule has 0 aromatic heterocycles. The van der Waals surface area contributed by atoms with Gasteiger partial charge in [0, 0.05) is 17.5 Å². The lowest BCUT2D eigenvalue weighted by Gasteiger charge is -2.22. The first-order valence-electron chi connectivity index (χ1n) is 8.87. The third kappa shape index (κ3) is 6.93. The van der Waals surface area contributed by atoms with Crippen molar-refractivity contribution in [3.63, 3.8) is 0 Å². The minimum absolute atomic E-state index is 0.0296. The molecule has 9 nitrogen and oxygen atoms in total. The Bertz CT molecular complexity index is 956. The van der Waals surface area contributed by atoms with Crippen LogP contribution in [0.3, 0.4) is 0 Å². The molecule has 2 rings (SSSR count). The molecule has 0 aliphatic heterocycles. The van der Waals surface area contributed by atoms with Crippen molar-refractivity contribution in [2.24, 2.45) is 0 Å². The lowest BCUT2D eigenvalue weighted by molar-refractivity contribution is -0.385. The molecular formula is C20H21ClN2O7. The molecule has 1 atom stereocenters. The maximum atomic E-state index is 11.9. The van der Waals surface area contributed by atoms with Crippen LogP contribution in [0.5, 0.6) is 11.5 Å². The summed E-state index contributed by atoms with van der Waals surface area (Å²) in [5.74, 6) is -1.02. The second-order valence-corrected chi connectivity index (χ2v) is 7.80. The zero-order valence-corrected chi connectivity index (χ0v) is 17.3. The quantitative estimate of drug-likeness (QED) is 0.480. The summed E-state index contributed by atoms with van der Waals surface area (Å²) in [7, 11) is 0. The van der Waals surface area contributed by atoms with Gasteiger partial charge in [0.1, 0.15) is 17.4 Å². The predicted octanol–water partition coefficient (Wildman–Crippen LogP) is 4.56. The van der Waals surface area contributed by atoms with Crippen molar-refractivity contribution >= 4 is 29.4 Å². The number of carbonyl (C=O) groups is 2. The van der Waals surface area contributed by atoms with Crippen molar-refractivity contribution in [1.82, 2.24) is 5.32 Å². The van der Waals surface area contributed by atoms with Crippen molar-refractivity contribution < 1.29 is 29.1 Å². The number of halogens is 1. The number of carboxylic acids is 1. The minimum Gasteiger partial charge on any atom is -0.480 e. The largest absolute Gasteiger partial charge is 0.480 e. The average Bonchev–Trinajstić information content (AvgIpc) is 2.60. The molecule has 160 valence electrons. The monoisotopic (exact) mass is 436 g/mol. The van der Waals surface area contributed by atoms with Gasteiger partial charge in [0.2, 0.25) is 5.75 Å². The van der Waals surface area contributed by atoms with E-state index in [4.69, 9.17) is 21.1 Å². The Morgan fingerprint density at radius 3 is 2.50 bits per heavy atom. The molecule has 2 aromatic rings. The first-order chi connectivity index (χ1) is 13.9. The van der Waals surface area contributed by atoms with E-state index in [1.54, 1.807) is 39.0 Å². The number of benzene rings is 2. The summed E-state index contributed by atoms with van der Waals surface area (Å²) >= 11 is 5.89. The number of ether oxygens (including phenoxy) is 2. The molecule has 2 aromatic carbocycles. The van der Waals surface area contributed by atoms with E-state index in [2.05, 4.69) is 5.32 Å². The Morgan fingerprint density at radius 2 is 1.93 bits per heavy atom. The van der Waals surface area contributed by atoms with E-state index in [1.807, 2.05) is 0 Å². The molecule has 1 amide bonds. The van der Waals surface area contributed by atoms with Gasteiger partial charge in [-0.25, -0.2) is 9.59 Å². The molecule has 10 heteroatoms. The molecule has 0 aliphatic rings. The fourth-order valence-electron chi connectivity index (χ4n) is 2.46.